The van der Waals surface area contributed by atoms with E-state index in [4.69, 9.17) is 14.6 Å². The van der Waals surface area contributed by atoms with Crippen molar-refractivity contribution in [3.05, 3.63) is 11.6 Å². The quantitative estimate of drug-likeness (QED) is 0.479. The van der Waals surface area contributed by atoms with Gasteiger partial charge in [-0.1, -0.05) is 6.92 Å². The Bertz CT molecular complexity index is 174. The van der Waals surface area contributed by atoms with Gasteiger partial charge in [0.1, 0.15) is 0 Å². The number of rotatable bonds is 7. The molecule has 76 valence electrons. The molecule has 0 radical (unpaired) electrons. The zero-order valence-corrected chi connectivity index (χ0v) is 8.08. The van der Waals surface area contributed by atoms with Crippen LogP contribution in [0.2, 0.25) is 0 Å². The van der Waals surface area contributed by atoms with E-state index in [2.05, 4.69) is 0 Å². The largest absolute Gasteiger partial charge is 0.478 e. The van der Waals surface area contributed by atoms with Crippen molar-refractivity contribution in [3.63, 3.8) is 0 Å². The zero-order chi connectivity index (χ0) is 10.1. The fourth-order valence-corrected chi connectivity index (χ4v) is 0.768. The molecule has 13 heavy (non-hydrogen) atoms. The second-order valence-electron chi connectivity index (χ2n) is 2.46. The second kappa shape index (κ2) is 7.76. The van der Waals surface area contributed by atoms with Crippen LogP contribution in [-0.2, 0) is 14.3 Å². The first-order valence-corrected chi connectivity index (χ1v) is 4.21. The summed E-state index contributed by atoms with van der Waals surface area (Å²) in [5.74, 6) is -0.877. The van der Waals surface area contributed by atoms with Gasteiger partial charge in [-0.15, -0.1) is 0 Å². The SMILES string of the molecule is CCC(=CCOCCOC)C(=O)O. The van der Waals surface area contributed by atoms with Crippen LogP contribution in [0.4, 0.5) is 0 Å². The molecule has 0 bridgehead atoms. The molecule has 4 heteroatoms. The molecule has 0 aromatic rings. The number of carboxylic acid groups (broad SMARTS) is 1. The number of aliphatic carboxylic acids is 1. The minimum atomic E-state index is -0.877. The van der Waals surface area contributed by atoms with Gasteiger partial charge in [-0.25, -0.2) is 4.79 Å². The summed E-state index contributed by atoms with van der Waals surface area (Å²) < 4.78 is 9.85. The lowest BCUT2D eigenvalue weighted by atomic mass is 10.2. The minimum Gasteiger partial charge on any atom is -0.478 e. The lowest BCUT2D eigenvalue weighted by Crippen LogP contribution is -2.04. The third kappa shape index (κ3) is 6.31. The molecule has 4 nitrogen and oxygen atoms in total. The lowest BCUT2D eigenvalue weighted by molar-refractivity contribution is -0.132. The van der Waals surface area contributed by atoms with Crippen molar-refractivity contribution in [3.8, 4) is 0 Å². The number of hydrogen-bond donors (Lipinski definition) is 1. The predicted octanol–water partition coefficient (Wildman–Crippen LogP) is 1.07. The van der Waals surface area contributed by atoms with E-state index in [0.29, 0.717) is 31.8 Å². The third-order valence-corrected chi connectivity index (χ3v) is 1.53. The molecule has 0 saturated carbocycles. The van der Waals surface area contributed by atoms with Crippen molar-refractivity contribution < 1.29 is 19.4 Å². The Hall–Kier alpha value is -0.870. The van der Waals surface area contributed by atoms with Gasteiger partial charge in [0.2, 0.25) is 0 Å². The second-order valence-corrected chi connectivity index (χ2v) is 2.46. The Morgan fingerprint density at radius 3 is 2.62 bits per heavy atom. The lowest BCUT2D eigenvalue weighted by Gasteiger charge is -2.00. The number of methoxy groups -OCH3 is 1. The normalized spacial score (nSPS) is 11.7. The summed E-state index contributed by atoms with van der Waals surface area (Å²) in [6.45, 7) is 3.15. The maximum atomic E-state index is 10.5. The summed E-state index contributed by atoms with van der Waals surface area (Å²) in [5, 5.41) is 8.63. The van der Waals surface area contributed by atoms with Crippen molar-refractivity contribution in [1.82, 2.24) is 0 Å². The fourth-order valence-electron chi connectivity index (χ4n) is 0.768. The maximum absolute atomic E-state index is 10.5. The van der Waals surface area contributed by atoms with E-state index in [1.54, 1.807) is 20.1 Å². The smallest absolute Gasteiger partial charge is 0.331 e. The van der Waals surface area contributed by atoms with Crippen LogP contribution in [0.1, 0.15) is 13.3 Å². The summed E-state index contributed by atoms with van der Waals surface area (Å²) in [6, 6.07) is 0. The van der Waals surface area contributed by atoms with Crippen molar-refractivity contribution in [2.45, 2.75) is 13.3 Å². The van der Waals surface area contributed by atoms with Crippen molar-refractivity contribution in [1.29, 1.82) is 0 Å². The van der Waals surface area contributed by atoms with E-state index in [1.807, 2.05) is 0 Å². The molecule has 0 spiro atoms. The van der Waals surface area contributed by atoms with Crippen LogP contribution in [0, 0.1) is 0 Å². The van der Waals surface area contributed by atoms with Crippen LogP contribution < -0.4 is 0 Å². The molecular formula is C9H16O4. The molecule has 0 aromatic heterocycles. The molecular weight excluding hydrogens is 172 g/mol. The first-order chi connectivity index (χ1) is 6.22. The first-order valence-electron chi connectivity index (χ1n) is 4.21. The molecule has 0 atom stereocenters. The summed E-state index contributed by atoms with van der Waals surface area (Å²) in [6.07, 6.45) is 2.10. The van der Waals surface area contributed by atoms with Gasteiger partial charge in [0.05, 0.1) is 19.8 Å². The van der Waals surface area contributed by atoms with Crippen molar-refractivity contribution >= 4 is 5.97 Å². The third-order valence-electron chi connectivity index (χ3n) is 1.53. The standard InChI is InChI=1S/C9H16O4/c1-3-8(9(10)11)4-5-13-7-6-12-2/h4H,3,5-7H2,1-2H3,(H,10,11). The Morgan fingerprint density at radius 1 is 1.46 bits per heavy atom. The van der Waals surface area contributed by atoms with Crippen LogP contribution in [0.25, 0.3) is 0 Å². The van der Waals surface area contributed by atoms with E-state index in [9.17, 15) is 4.79 Å². The highest BCUT2D eigenvalue weighted by atomic mass is 16.5. The first kappa shape index (κ1) is 12.1. The van der Waals surface area contributed by atoms with E-state index in [1.165, 1.54) is 0 Å². The highest BCUT2D eigenvalue weighted by Gasteiger charge is 2.02. The zero-order valence-electron chi connectivity index (χ0n) is 8.08. The number of carbonyl (C=O) groups is 1. The minimum absolute atomic E-state index is 0.332. The van der Waals surface area contributed by atoms with Gasteiger partial charge in [-0.05, 0) is 12.5 Å². The summed E-state index contributed by atoms with van der Waals surface area (Å²) in [4.78, 5) is 10.5. The van der Waals surface area contributed by atoms with Crippen molar-refractivity contribution in [2.24, 2.45) is 0 Å². The molecule has 0 aliphatic heterocycles. The molecule has 0 aliphatic carbocycles. The van der Waals surface area contributed by atoms with Crippen LogP contribution in [0.3, 0.4) is 0 Å². The van der Waals surface area contributed by atoms with Gasteiger partial charge in [0, 0.05) is 12.7 Å². The molecule has 0 saturated heterocycles. The average molecular weight is 188 g/mol. The van der Waals surface area contributed by atoms with Crippen molar-refractivity contribution in [2.75, 3.05) is 26.9 Å². The summed E-state index contributed by atoms with van der Waals surface area (Å²) >= 11 is 0. The predicted molar refractivity (Wildman–Crippen MR) is 48.7 cm³/mol. The van der Waals surface area contributed by atoms with Crippen LogP contribution >= 0.6 is 0 Å². The molecule has 0 fully saturated rings. The van der Waals surface area contributed by atoms with Crippen LogP contribution in [0.15, 0.2) is 11.6 Å². The Labute approximate surface area is 78.2 Å². The number of ether oxygens (including phenoxy) is 2. The highest BCUT2D eigenvalue weighted by Crippen LogP contribution is 1.99. The average Bonchev–Trinajstić information content (AvgIpc) is 2.10. The van der Waals surface area contributed by atoms with Crippen LogP contribution in [-0.4, -0.2) is 38.0 Å². The van der Waals surface area contributed by atoms with E-state index in [0.717, 1.165) is 0 Å². The van der Waals surface area contributed by atoms with E-state index < -0.39 is 5.97 Å². The summed E-state index contributed by atoms with van der Waals surface area (Å²) in [7, 11) is 1.59. The Kier molecular flexibility index (Phi) is 7.24. The fraction of sp³-hybridized carbons (Fsp3) is 0.667. The highest BCUT2D eigenvalue weighted by molar-refractivity contribution is 5.86. The van der Waals surface area contributed by atoms with Gasteiger partial charge in [-0.3, -0.25) is 0 Å². The monoisotopic (exact) mass is 188 g/mol. The topological polar surface area (TPSA) is 55.8 Å². The molecule has 0 rings (SSSR count). The molecule has 0 aliphatic rings. The van der Waals surface area contributed by atoms with E-state index >= 15 is 0 Å². The Morgan fingerprint density at radius 2 is 2.15 bits per heavy atom. The van der Waals surface area contributed by atoms with Gasteiger partial charge in [0.15, 0.2) is 0 Å². The molecule has 0 aromatic carbocycles. The molecule has 0 heterocycles. The van der Waals surface area contributed by atoms with E-state index in [-0.39, 0.29) is 0 Å². The van der Waals surface area contributed by atoms with Gasteiger partial charge < -0.3 is 14.6 Å². The maximum Gasteiger partial charge on any atom is 0.331 e. The van der Waals surface area contributed by atoms with Gasteiger partial charge >= 0.3 is 5.97 Å². The van der Waals surface area contributed by atoms with Crippen LogP contribution in [0.5, 0.6) is 0 Å². The Balaban J connectivity index is 3.61. The number of carboxylic acids is 1. The molecule has 0 unspecified atom stereocenters. The molecule has 0 amide bonds. The van der Waals surface area contributed by atoms with Gasteiger partial charge in [-0.2, -0.15) is 0 Å². The van der Waals surface area contributed by atoms with Gasteiger partial charge in [0.25, 0.3) is 0 Å². The number of hydrogen-bond acceptors (Lipinski definition) is 3. The molecule has 1 N–H and O–H groups in total. The summed E-state index contributed by atoms with van der Waals surface area (Å²) in [5.41, 5.74) is 0.386.